The lowest BCUT2D eigenvalue weighted by atomic mass is 10.2. The molecule has 0 spiro atoms. The second-order valence-electron chi connectivity index (χ2n) is 2.16. The average molecular weight is 171 g/mol. The van der Waals surface area contributed by atoms with Crippen LogP contribution in [-0.2, 0) is 0 Å². The molecule has 0 saturated carbocycles. The van der Waals surface area contributed by atoms with Gasteiger partial charge < -0.3 is 11.5 Å². The summed E-state index contributed by atoms with van der Waals surface area (Å²) in [5.74, 6) is -0.837. The monoisotopic (exact) mass is 171 g/mol. The molecule has 0 unspecified atom stereocenters. The number of rotatable bonds is 1. The van der Waals surface area contributed by atoms with Crippen LogP contribution in [0.3, 0.4) is 0 Å². The highest BCUT2D eigenvalue weighted by Gasteiger charge is 2.18. The number of nitro groups is 1. The molecule has 0 saturated heterocycles. The summed E-state index contributed by atoms with van der Waals surface area (Å²) in [4.78, 5) is 9.46. The van der Waals surface area contributed by atoms with Crippen LogP contribution in [0, 0.1) is 15.9 Å². The Labute approximate surface area is 66.9 Å². The van der Waals surface area contributed by atoms with Crippen molar-refractivity contribution in [3.63, 3.8) is 0 Å². The van der Waals surface area contributed by atoms with Gasteiger partial charge in [0.15, 0.2) is 5.82 Å². The highest BCUT2D eigenvalue weighted by atomic mass is 19.1. The maximum atomic E-state index is 12.6. The van der Waals surface area contributed by atoms with Gasteiger partial charge in [-0.2, -0.15) is 0 Å². The lowest BCUT2D eigenvalue weighted by Crippen LogP contribution is -2.02. The van der Waals surface area contributed by atoms with E-state index >= 15 is 0 Å². The summed E-state index contributed by atoms with van der Waals surface area (Å²) in [5, 5.41) is 10.3. The number of benzene rings is 1. The minimum atomic E-state index is -0.837. The van der Waals surface area contributed by atoms with E-state index in [9.17, 15) is 14.5 Å². The van der Waals surface area contributed by atoms with Gasteiger partial charge in [-0.15, -0.1) is 0 Å². The van der Waals surface area contributed by atoms with Crippen LogP contribution in [0.25, 0.3) is 0 Å². The Hall–Kier alpha value is -1.85. The van der Waals surface area contributed by atoms with Gasteiger partial charge in [-0.3, -0.25) is 10.1 Å². The smallest absolute Gasteiger partial charge is 0.317 e. The van der Waals surface area contributed by atoms with Crippen molar-refractivity contribution in [2.45, 2.75) is 0 Å². The molecule has 0 fully saturated rings. The summed E-state index contributed by atoms with van der Waals surface area (Å²) in [7, 11) is 0. The molecule has 0 aliphatic rings. The molecule has 12 heavy (non-hydrogen) atoms. The molecular weight excluding hydrogens is 165 g/mol. The van der Waals surface area contributed by atoms with Crippen molar-refractivity contribution in [2.75, 3.05) is 11.5 Å². The fourth-order valence-electron chi connectivity index (χ4n) is 0.804. The van der Waals surface area contributed by atoms with E-state index in [4.69, 9.17) is 11.5 Å². The summed E-state index contributed by atoms with van der Waals surface area (Å²) in [5.41, 5.74) is 9.05. The molecule has 6 heteroatoms. The molecule has 0 aliphatic heterocycles. The molecular formula is C6H6FN3O2. The molecule has 0 aliphatic carbocycles. The Morgan fingerprint density at radius 1 is 1.42 bits per heavy atom. The van der Waals surface area contributed by atoms with Gasteiger partial charge in [0.25, 0.3) is 0 Å². The molecule has 1 aromatic rings. The zero-order chi connectivity index (χ0) is 9.30. The fourth-order valence-corrected chi connectivity index (χ4v) is 0.804. The first kappa shape index (κ1) is 8.25. The zero-order valence-electron chi connectivity index (χ0n) is 5.95. The van der Waals surface area contributed by atoms with E-state index in [1.165, 1.54) is 0 Å². The first-order chi connectivity index (χ1) is 5.54. The summed E-state index contributed by atoms with van der Waals surface area (Å²) in [6.07, 6.45) is 0. The number of hydrogen-bond donors (Lipinski definition) is 2. The first-order valence-corrected chi connectivity index (χ1v) is 3.02. The molecule has 0 aromatic heterocycles. The number of nitro benzene ring substituents is 1. The third-order valence-electron chi connectivity index (χ3n) is 1.38. The fraction of sp³-hybridized carbons (Fsp3) is 0. The van der Waals surface area contributed by atoms with E-state index in [1.807, 2.05) is 0 Å². The Kier molecular flexibility index (Phi) is 1.82. The molecule has 5 nitrogen and oxygen atoms in total. The number of nitrogens with two attached hydrogens (primary N) is 2. The van der Waals surface area contributed by atoms with Gasteiger partial charge in [0, 0.05) is 0 Å². The number of anilines is 2. The third-order valence-corrected chi connectivity index (χ3v) is 1.38. The molecule has 0 bridgehead atoms. The van der Waals surface area contributed by atoms with E-state index in [2.05, 4.69) is 0 Å². The topological polar surface area (TPSA) is 95.2 Å². The van der Waals surface area contributed by atoms with Gasteiger partial charge in [0.1, 0.15) is 11.4 Å². The van der Waals surface area contributed by atoms with E-state index in [0.717, 1.165) is 12.1 Å². The summed E-state index contributed by atoms with van der Waals surface area (Å²) < 4.78 is 12.6. The van der Waals surface area contributed by atoms with Crippen LogP contribution in [0.2, 0.25) is 0 Å². The summed E-state index contributed by atoms with van der Waals surface area (Å²) in [6.45, 7) is 0. The van der Waals surface area contributed by atoms with Crippen LogP contribution in [0.15, 0.2) is 12.1 Å². The minimum Gasteiger partial charge on any atom is -0.393 e. The highest BCUT2D eigenvalue weighted by Crippen LogP contribution is 2.30. The average Bonchev–Trinajstić information content (AvgIpc) is 1.97. The number of hydrogen-bond acceptors (Lipinski definition) is 4. The predicted octanol–water partition coefficient (Wildman–Crippen LogP) is 0.898. The molecule has 0 atom stereocenters. The van der Waals surface area contributed by atoms with E-state index in [1.54, 1.807) is 0 Å². The lowest BCUT2D eigenvalue weighted by molar-refractivity contribution is -0.383. The molecule has 0 heterocycles. The highest BCUT2D eigenvalue weighted by molar-refractivity contribution is 5.72. The van der Waals surface area contributed by atoms with Crippen LogP contribution in [0.5, 0.6) is 0 Å². The molecule has 1 rings (SSSR count). The summed E-state index contributed by atoms with van der Waals surface area (Å²) in [6, 6.07) is 2.08. The lowest BCUT2D eigenvalue weighted by Gasteiger charge is -2.00. The molecule has 0 radical (unpaired) electrons. The number of nitrogens with zero attached hydrogens (tertiary/aromatic N) is 1. The number of halogens is 1. The Morgan fingerprint density at radius 3 is 2.42 bits per heavy atom. The van der Waals surface area contributed by atoms with E-state index < -0.39 is 22.1 Å². The van der Waals surface area contributed by atoms with Crippen molar-refractivity contribution in [3.8, 4) is 0 Å². The van der Waals surface area contributed by atoms with Gasteiger partial charge in [-0.25, -0.2) is 4.39 Å². The quantitative estimate of drug-likeness (QED) is 0.372. The minimum absolute atomic E-state index is 0.140. The molecule has 64 valence electrons. The zero-order valence-corrected chi connectivity index (χ0v) is 5.95. The number of nitrogen functional groups attached to an aromatic ring is 2. The second kappa shape index (κ2) is 2.65. The standard InChI is InChI=1S/C6H6FN3O2/c7-3-1-2-4(8)6(5(3)9)10(11)12/h1-2H,8-9H2. The Bertz CT molecular complexity index is 340. The third kappa shape index (κ3) is 1.14. The van der Waals surface area contributed by atoms with Gasteiger partial charge in [0.2, 0.25) is 0 Å². The Balaban J connectivity index is 3.43. The second-order valence-corrected chi connectivity index (χ2v) is 2.16. The van der Waals surface area contributed by atoms with Crippen molar-refractivity contribution in [1.29, 1.82) is 0 Å². The summed E-state index contributed by atoms with van der Waals surface area (Å²) >= 11 is 0. The van der Waals surface area contributed by atoms with Gasteiger partial charge in [-0.1, -0.05) is 0 Å². The molecule has 4 N–H and O–H groups in total. The largest absolute Gasteiger partial charge is 0.393 e. The van der Waals surface area contributed by atoms with Gasteiger partial charge in [0.05, 0.1) is 4.92 Å². The normalized spacial score (nSPS) is 9.75. The van der Waals surface area contributed by atoms with E-state index in [-0.39, 0.29) is 5.69 Å². The van der Waals surface area contributed by atoms with Crippen LogP contribution >= 0.6 is 0 Å². The van der Waals surface area contributed by atoms with Crippen molar-refractivity contribution in [2.24, 2.45) is 0 Å². The van der Waals surface area contributed by atoms with E-state index in [0.29, 0.717) is 0 Å². The van der Waals surface area contributed by atoms with Crippen LogP contribution in [0.1, 0.15) is 0 Å². The molecule has 1 aromatic carbocycles. The SMILES string of the molecule is Nc1ccc(F)c(N)c1[N+](=O)[O-]. The van der Waals surface area contributed by atoms with Crippen molar-refractivity contribution in [3.05, 3.63) is 28.1 Å². The maximum Gasteiger partial charge on any atom is 0.317 e. The van der Waals surface area contributed by atoms with Gasteiger partial charge >= 0.3 is 5.69 Å². The maximum absolute atomic E-state index is 12.6. The van der Waals surface area contributed by atoms with Crippen LogP contribution < -0.4 is 11.5 Å². The van der Waals surface area contributed by atoms with Gasteiger partial charge in [-0.05, 0) is 12.1 Å². The predicted molar refractivity (Wildman–Crippen MR) is 41.9 cm³/mol. The van der Waals surface area contributed by atoms with Crippen LogP contribution in [-0.4, -0.2) is 4.92 Å². The Morgan fingerprint density at radius 2 is 2.00 bits per heavy atom. The van der Waals surface area contributed by atoms with Crippen molar-refractivity contribution in [1.82, 2.24) is 0 Å². The van der Waals surface area contributed by atoms with Crippen molar-refractivity contribution < 1.29 is 9.31 Å². The molecule has 0 amide bonds. The van der Waals surface area contributed by atoms with Crippen LogP contribution in [0.4, 0.5) is 21.5 Å². The first-order valence-electron chi connectivity index (χ1n) is 3.02. The van der Waals surface area contributed by atoms with Crippen molar-refractivity contribution >= 4 is 17.1 Å².